The first kappa shape index (κ1) is 17.2. The molecule has 6 heteroatoms. The molecule has 1 fully saturated rings. The van der Waals surface area contributed by atoms with Crippen LogP contribution < -0.4 is 10.2 Å². The van der Waals surface area contributed by atoms with Crippen LogP contribution in [0, 0.1) is 12.7 Å². The van der Waals surface area contributed by atoms with Gasteiger partial charge in [0.2, 0.25) is 0 Å². The van der Waals surface area contributed by atoms with E-state index in [1.54, 1.807) is 6.07 Å². The van der Waals surface area contributed by atoms with Gasteiger partial charge < -0.3 is 10.2 Å². The fourth-order valence-corrected chi connectivity index (χ4v) is 4.11. The number of piperidine rings is 1. The summed E-state index contributed by atoms with van der Waals surface area (Å²) in [6.07, 6.45) is 3.20. The Morgan fingerprint density at radius 1 is 1.45 bits per heavy atom. The Balaban J connectivity index is 2.01. The fourth-order valence-electron chi connectivity index (χ4n) is 3.10. The minimum absolute atomic E-state index is 0.0951. The highest BCUT2D eigenvalue weighted by atomic mass is 32.2. The van der Waals surface area contributed by atoms with E-state index < -0.39 is 9.84 Å². The van der Waals surface area contributed by atoms with E-state index >= 15 is 0 Å². The first-order chi connectivity index (χ1) is 10.2. The van der Waals surface area contributed by atoms with Crippen LogP contribution in [0.2, 0.25) is 0 Å². The van der Waals surface area contributed by atoms with E-state index in [1.165, 1.54) is 12.3 Å². The summed E-state index contributed by atoms with van der Waals surface area (Å²) in [6.45, 7) is 5.37. The van der Waals surface area contributed by atoms with Crippen molar-refractivity contribution < 1.29 is 12.8 Å². The predicted octanol–water partition coefficient (Wildman–Crippen LogP) is 2.13. The van der Waals surface area contributed by atoms with Crippen molar-refractivity contribution >= 4 is 15.5 Å². The Morgan fingerprint density at radius 3 is 2.86 bits per heavy atom. The standard InChI is InChI=1S/C16H25FN2O2S/c1-12-6-7-15(17)16(9-12)19-8-4-5-14(10-19)18-13(2)11-22(3,20)21/h6-7,9,13-14,18H,4-5,8,10-11H2,1-3H3/t13-,14-/m1/s1. The molecule has 22 heavy (non-hydrogen) atoms. The summed E-state index contributed by atoms with van der Waals surface area (Å²) >= 11 is 0. The topological polar surface area (TPSA) is 49.4 Å². The first-order valence-corrected chi connectivity index (χ1v) is 9.75. The van der Waals surface area contributed by atoms with E-state index in [9.17, 15) is 12.8 Å². The summed E-state index contributed by atoms with van der Waals surface area (Å²) in [6, 6.07) is 5.24. The molecule has 1 aromatic carbocycles. The van der Waals surface area contributed by atoms with Crippen LogP contribution in [0.1, 0.15) is 25.3 Å². The predicted molar refractivity (Wildman–Crippen MR) is 88.7 cm³/mol. The van der Waals surface area contributed by atoms with Crippen molar-refractivity contribution in [3.8, 4) is 0 Å². The normalized spacial score (nSPS) is 20.9. The number of nitrogens with one attached hydrogen (secondary N) is 1. The van der Waals surface area contributed by atoms with Crippen LogP contribution in [0.25, 0.3) is 0 Å². The van der Waals surface area contributed by atoms with Gasteiger partial charge in [0.05, 0.1) is 11.4 Å². The molecule has 1 N–H and O–H groups in total. The number of halogens is 1. The molecule has 2 rings (SSSR count). The summed E-state index contributed by atoms with van der Waals surface area (Å²) in [5.41, 5.74) is 1.68. The van der Waals surface area contributed by atoms with Gasteiger partial charge in [0.25, 0.3) is 0 Å². The second-order valence-corrected chi connectivity index (χ2v) is 8.59. The highest BCUT2D eigenvalue weighted by Gasteiger charge is 2.24. The van der Waals surface area contributed by atoms with Gasteiger partial charge in [0.1, 0.15) is 15.7 Å². The summed E-state index contributed by atoms with van der Waals surface area (Å²) in [4.78, 5) is 2.05. The number of anilines is 1. The molecule has 1 aromatic rings. The van der Waals surface area contributed by atoms with Crippen LogP contribution in [0.15, 0.2) is 18.2 Å². The molecule has 0 aliphatic carbocycles. The van der Waals surface area contributed by atoms with Crippen LogP contribution in [-0.2, 0) is 9.84 Å². The van der Waals surface area contributed by atoms with E-state index in [2.05, 4.69) is 10.2 Å². The van der Waals surface area contributed by atoms with Crippen molar-refractivity contribution in [3.05, 3.63) is 29.6 Å². The first-order valence-electron chi connectivity index (χ1n) is 7.69. The molecule has 1 aliphatic rings. The zero-order valence-corrected chi connectivity index (χ0v) is 14.3. The number of hydrogen-bond donors (Lipinski definition) is 1. The zero-order chi connectivity index (χ0) is 16.3. The van der Waals surface area contributed by atoms with Crippen LogP contribution >= 0.6 is 0 Å². The molecular weight excluding hydrogens is 303 g/mol. The lowest BCUT2D eigenvalue weighted by molar-refractivity contribution is 0.392. The highest BCUT2D eigenvalue weighted by Crippen LogP contribution is 2.24. The molecule has 0 radical (unpaired) electrons. The monoisotopic (exact) mass is 328 g/mol. The number of benzene rings is 1. The van der Waals surface area contributed by atoms with Gasteiger partial charge in [-0.1, -0.05) is 6.07 Å². The van der Waals surface area contributed by atoms with Crippen molar-refractivity contribution in [2.45, 2.75) is 38.8 Å². The minimum atomic E-state index is -2.99. The molecule has 1 aliphatic heterocycles. The molecule has 1 saturated heterocycles. The van der Waals surface area contributed by atoms with Gasteiger partial charge in [-0.05, 0) is 44.4 Å². The Labute approximate surface area is 132 Å². The van der Waals surface area contributed by atoms with Gasteiger partial charge in [-0.2, -0.15) is 0 Å². The molecular formula is C16H25FN2O2S. The number of rotatable bonds is 5. The minimum Gasteiger partial charge on any atom is -0.368 e. The third-order valence-corrected chi connectivity index (χ3v) is 5.04. The Bertz CT molecular complexity index is 619. The number of sulfone groups is 1. The maximum Gasteiger partial charge on any atom is 0.148 e. The molecule has 2 atom stereocenters. The highest BCUT2D eigenvalue weighted by molar-refractivity contribution is 7.90. The second kappa shape index (κ2) is 6.96. The van der Waals surface area contributed by atoms with Crippen molar-refractivity contribution in [2.75, 3.05) is 30.0 Å². The summed E-state index contributed by atoms with van der Waals surface area (Å²) in [5.74, 6) is -0.0714. The second-order valence-electron chi connectivity index (χ2n) is 6.40. The number of aryl methyl sites for hydroxylation is 1. The maximum absolute atomic E-state index is 14.0. The van der Waals surface area contributed by atoms with Crippen molar-refractivity contribution in [2.24, 2.45) is 0 Å². The van der Waals surface area contributed by atoms with Gasteiger partial charge in [-0.25, -0.2) is 12.8 Å². The van der Waals surface area contributed by atoms with Gasteiger partial charge >= 0.3 is 0 Å². The molecule has 0 amide bonds. The molecule has 0 bridgehead atoms. The molecule has 0 saturated carbocycles. The molecule has 1 heterocycles. The Kier molecular flexibility index (Phi) is 5.45. The summed E-state index contributed by atoms with van der Waals surface area (Å²) < 4.78 is 36.7. The van der Waals surface area contributed by atoms with Crippen molar-refractivity contribution in [3.63, 3.8) is 0 Å². The van der Waals surface area contributed by atoms with E-state index in [0.717, 1.165) is 24.9 Å². The lowest BCUT2D eigenvalue weighted by atomic mass is 10.0. The lowest BCUT2D eigenvalue weighted by Gasteiger charge is -2.36. The van der Waals surface area contributed by atoms with Crippen LogP contribution in [0.3, 0.4) is 0 Å². The molecule has 0 aromatic heterocycles. The average Bonchev–Trinajstić information content (AvgIpc) is 2.39. The van der Waals surface area contributed by atoms with E-state index in [0.29, 0.717) is 12.2 Å². The third kappa shape index (κ3) is 4.95. The third-order valence-electron chi connectivity index (χ3n) is 3.94. The lowest BCUT2D eigenvalue weighted by Crippen LogP contribution is -2.50. The van der Waals surface area contributed by atoms with Gasteiger partial charge in [-0.3, -0.25) is 0 Å². The molecule has 124 valence electrons. The van der Waals surface area contributed by atoms with Crippen molar-refractivity contribution in [1.29, 1.82) is 0 Å². The van der Waals surface area contributed by atoms with Crippen LogP contribution in [-0.4, -0.2) is 45.6 Å². The van der Waals surface area contributed by atoms with E-state index in [1.807, 2.05) is 19.9 Å². The van der Waals surface area contributed by atoms with Crippen LogP contribution in [0.5, 0.6) is 0 Å². The summed E-state index contributed by atoms with van der Waals surface area (Å²) in [7, 11) is -2.99. The zero-order valence-electron chi connectivity index (χ0n) is 13.5. The smallest absolute Gasteiger partial charge is 0.148 e. The fraction of sp³-hybridized carbons (Fsp3) is 0.625. The van der Waals surface area contributed by atoms with Crippen molar-refractivity contribution in [1.82, 2.24) is 5.32 Å². The van der Waals surface area contributed by atoms with Crippen LogP contribution in [0.4, 0.5) is 10.1 Å². The maximum atomic E-state index is 14.0. The Hall–Kier alpha value is -1.14. The number of nitrogens with zero attached hydrogens (tertiary/aromatic N) is 1. The van der Waals surface area contributed by atoms with E-state index in [-0.39, 0.29) is 23.7 Å². The number of hydrogen-bond acceptors (Lipinski definition) is 4. The molecule has 0 spiro atoms. The molecule has 0 unspecified atom stereocenters. The van der Waals surface area contributed by atoms with Gasteiger partial charge in [0, 0.05) is 31.4 Å². The SMILES string of the molecule is Cc1ccc(F)c(N2CCC[C@@H](N[C@H](C)CS(C)(=O)=O)C2)c1. The van der Waals surface area contributed by atoms with Gasteiger partial charge in [-0.15, -0.1) is 0 Å². The quantitative estimate of drug-likeness (QED) is 0.899. The molecule has 4 nitrogen and oxygen atoms in total. The van der Waals surface area contributed by atoms with E-state index in [4.69, 9.17) is 0 Å². The summed E-state index contributed by atoms with van der Waals surface area (Å²) in [5, 5.41) is 3.37. The largest absolute Gasteiger partial charge is 0.368 e. The van der Waals surface area contributed by atoms with Gasteiger partial charge in [0.15, 0.2) is 0 Å². The Morgan fingerprint density at radius 2 is 2.18 bits per heavy atom. The average molecular weight is 328 g/mol.